The third-order valence-corrected chi connectivity index (χ3v) is 3.95. The molecule has 1 aromatic rings. The summed E-state index contributed by atoms with van der Waals surface area (Å²) in [4.78, 5) is 0. The van der Waals surface area contributed by atoms with Crippen LogP contribution in [0.2, 0.25) is 0 Å². The molecule has 3 nitrogen and oxygen atoms in total. The number of aromatic hydroxyl groups is 1. The zero-order valence-corrected chi connectivity index (χ0v) is 11.4. The number of phenols is 1. The molecule has 1 unspecified atom stereocenters. The molecule has 2 rings (SSSR count). The lowest BCUT2D eigenvalue weighted by molar-refractivity contribution is 0.342. The van der Waals surface area contributed by atoms with Crippen molar-refractivity contribution < 1.29 is 14.2 Å². The summed E-state index contributed by atoms with van der Waals surface area (Å²) in [6.07, 6.45) is 1.90. The van der Waals surface area contributed by atoms with Crippen molar-refractivity contribution >= 4 is 0 Å². The average Bonchev–Trinajstić information content (AvgIpc) is 2.75. The van der Waals surface area contributed by atoms with Gasteiger partial charge in [-0.05, 0) is 45.7 Å². The van der Waals surface area contributed by atoms with E-state index < -0.39 is 0 Å². The van der Waals surface area contributed by atoms with Gasteiger partial charge in [-0.3, -0.25) is 0 Å². The summed E-state index contributed by atoms with van der Waals surface area (Å²) in [5.41, 5.74) is 1.11. The summed E-state index contributed by atoms with van der Waals surface area (Å²) in [6, 6.07) is 0. The Hall–Kier alpha value is -1.29. The lowest BCUT2D eigenvalue weighted by Gasteiger charge is -2.29. The highest BCUT2D eigenvalue weighted by Crippen LogP contribution is 2.45. The molecule has 1 fully saturated rings. The standard InChI is InChI=1S/C14H20FNO2/c1-8-10(14(3)6-5-7-16-14)12(17)13(18-4)9(2)11(8)15/h16-17H,5-7H2,1-4H3. The van der Waals surface area contributed by atoms with E-state index in [4.69, 9.17) is 4.74 Å². The topological polar surface area (TPSA) is 41.5 Å². The van der Waals surface area contributed by atoms with E-state index in [0.717, 1.165) is 19.4 Å². The van der Waals surface area contributed by atoms with E-state index in [0.29, 0.717) is 16.7 Å². The fourth-order valence-corrected chi connectivity index (χ4v) is 2.99. The normalized spacial score (nSPS) is 23.4. The largest absolute Gasteiger partial charge is 0.504 e. The molecule has 2 N–H and O–H groups in total. The van der Waals surface area contributed by atoms with E-state index in [1.807, 2.05) is 6.92 Å². The van der Waals surface area contributed by atoms with Crippen molar-refractivity contribution in [1.82, 2.24) is 5.32 Å². The number of methoxy groups -OCH3 is 1. The number of rotatable bonds is 2. The van der Waals surface area contributed by atoms with Crippen LogP contribution in [0.5, 0.6) is 11.5 Å². The Morgan fingerprint density at radius 1 is 1.33 bits per heavy atom. The van der Waals surface area contributed by atoms with E-state index in [1.54, 1.807) is 13.8 Å². The van der Waals surface area contributed by atoms with Crippen LogP contribution in [0.4, 0.5) is 4.39 Å². The second kappa shape index (κ2) is 4.43. The van der Waals surface area contributed by atoms with Crippen molar-refractivity contribution in [3.05, 3.63) is 22.5 Å². The number of nitrogens with one attached hydrogen (secondary N) is 1. The van der Waals surface area contributed by atoms with Gasteiger partial charge in [-0.25, -0.2) is 4.39 Å². The Morgan fingerprint density at radius 3 is 2.50 bits per heavy atom. The van der Waals surface area contributed by atoms with Crippen LogP contribution in [0, 0.1) is 19.7 Å². The summed E-state index contributed by atoms with van der Waals surface area (Å²) in [6.45, 7) is 6.21. The van der Waals surface area contributed by atoms with E-state index in [-0.39, 0.29) is 22.9 Å². The van der Waals surface area contributed by atoms with Gasteiger partial charge in [0, 0.05) is 16.7 Å². The summed E-state index contributed by atoms with van der Waals surface area (Å²) in [7, 11) is 1.45. The molecule has 18 heavy (non-hydrogen) atoms. The summed E-state index contributed by atoms with van der Waals surface area (Å²) in [5, 5.41) is 13.7. The highest BCUT2D eigenvalue weighted by atomic mass is 19.1. The maximum absolute atomic E-state index is 14.2. The maximum Gasteiger partial charge on any atom is 0.166 e. The molecule has 0 bridgehead atoms. The Bertz CT molecular complexity index is 479. The van der Waals surface area contributed by atoms with Crippen molar-refractivity contribution in [3.8, 4) is 11.5 Å². The Labute approximate surface area is 107 Å². The van der Waals surface area contributed by atoms with Crippen LogP contribution in [-0.4, -0.2) is 18.8 Å². The van der Waals surface area contributed by atoms with Crippen LogP contribution in [0.25, 0.3) is 0 Å². The molecule has 1 aliphatic heterocycles. The van der Waals surface area contributed by atoms with Gasteiger partial charge in [0.1, 0.15) is 5.82 Å². The quantitative estimate of drug-likeness (QED) is 0.851. The third-order valence-electron chi connectivity index (χ3n) is 3.95. The van der Waals surface area contributed by atoms with Crippen LogP contribution in [0.15, 0.2) is 0 Å². The van der Waals surface area contributed by atoms with E-state index in [9.17, 15) is 9.50 Å². The number of benzene rings is 1. The van der Waals surface area contributed by atoms with Gasteiger partial charge >= 0.3 is 0 Å². The lowest BCUT2D eigenvalue weighted by atomic mass is 9.85. The number of ether oxygens (including phenoxy) is 1. The molecular formula is C14H20FNO2. The molecule has 1 aromatic carbocycles. The predicted molar refractivity (Wildman–Crippen MR) is 68.7 cm³/mol. The van der Waals surface area contributed by atoms with Crippen LogP contribution < -0.4 is 10.1 Å². The van der Waals surface area contributed by atoms with Gasteiger partial charge in [0.2, 0.25) is 0 Å². The first kappa shape index (κ1) is 13.1. The average molecular weight is 253 g/mol. The molecule has 100 valence electrons. The first-order valence-corrected chi connectivity index (χ1v) is 6.23. The van der Waals surface area contributed by atoms with Crippen LogP contribution in [0.3, 0.4) is 0 Å². The van der Waals surface area contributed by atoms with Gasteiger partial charge in [0.25, 0.3) is 0 Å². The van der Waals surface area contributed by atoms with Gasteiger partial charge in [-0.1, -0.05) is 0 Å². The number of halogens is 1. The Kier molecular flexibility index (Phi) is 3.23. The zero-order valence-electron chi connectivity index (χ0n) is 11.4. The van der Waals surface area contributed by atoms with Crippen molar-refractivity contribution in [1.29, 1.82) is 0 Å². The molecule has 0 radical (unpaired) electrons. The third kappa shape index (κ3) is 1.75. The Morgan fingerprint density at radius 2 is 2.00 bits per heavy atom. The SMILES string of the molecule is COc1c(C)c(F)c(C)c(C2(C)CCCN2)c1O. The van der Waals surface area contributed by atoms with Crippen LogP contribution in [-0.2, 0) is 5.54 Å². The van der Waals surface area contributed by atoms with Crippen LogP contribution in [0.1, 0.15) is 36.5 Å². The molecule has 4 heteroatoms. The molecule has 1 saturated heterocycles. The lowest BCUT2D eigenvalue weighted by Crippen LogP contribution is -2.34. The minimum absolute atomic E-state index is 0.0609. The fourth-order valence-electron chi connectivity index (χ4n) is 2.99. The molecule has 0 amide bonds. The Balaban J connectivity index is 2.70. The maximum atomic E-state index is 14.2. The molecular weight excluding hydrogens is 233 g/mol. The predicted octanol–water partition coefficient (Wildman–Crippen LogP) is 2.76. The molecule has 0 aliphatic carbocycles. The van der Waals surface area contributed by atoms with Crippen LogP contribution >= 0.6 is 0 Å². The number of phenolic OH excluding ortho intramolecular Hbond substituents is 1. The van der Waals surface area contributed by atoms with E-state index in [1.165, 1.54) is 7.11 Å². The first-order chi connectivity index (χ1) is 8.42. The van der Waals surface area contributed by atoms with Crippen molar-refractivity contribution in [2.45, 2.75) is 39.2 Å². The van der Waals surface area contributed by atoms with E-state index >= 15 is 0 Å². The van der Waals surface area contributed by atoms with Gasteiger partial charge < -0.3 is 15.2 Å². The molecule has 0 aromatic heterocycles. The van der Waals surface area contributed by atoms with Gasteiger partial charge in [0.15, 0.2) is 11.5 Å². The molecule has 0 spiro atoms. The first-order valence-electron chi connectivity index (χ1n) is 6.23. The van der Waals surface area contributed by atoms with Crippen molar-refractivity contribution in [2.24, 2.45) is 0 Å². The molecule has 1 heterocycles. The molecule has 0 saturated carbocycles. The zero-order chi connectivity index (χ0) is 13.5. The fraction of sp³-hybridized carbons (Fsp3) is 0.571. The summed E-state index contributed by atoms with van der Waals surface area (Å²) >= 11 is 0. The number of hydrogen-bond donors (Lipinski definition) is 2. The number of hydrogen-bond acceptors (Lipinski definition) is 3. The molecule has 1 atom stereocenters. The smallest absolute Gasteiger partial charge is 0.166 e. The molecule has 1 aliphatic rings. The van der Waals surface area contributed by atoms with Gasteiger partial charge in [-0.15, -0.1) is 0 Å². The van der Waals surface area contributed by atoms with Crippen molar-refractivity contribution in [3.63, 3.8) is 0 Å². The summed E-state index contributed by atoms with van der Waals surface area (Å²) < 4.78 is 19.4. The second-order valence-corrected chi connectivity index (χ2v) is 5.18. The second-order valence-electron chi connectivity index (χ2n) is 5.18. The highest BCUT2D eigenvalue weighted by Gasteiger charge is 2.36. The van der Waals surface area contributed by atoms with Crippen molar-refractivity contribution in [2.75, 3.05) is 13.7 Å². The highest BCUT2D eigenvalue weighted by molar-refractivity contribution is 5.57. The van der Waals surface area contributed by atoms with E-state index in [2.05, 4.69) is 5.32 Å². The minimum Gasteiger partial charge on any atom is -0.504 e. The summed E-state index contributed by atoms with van der Waals surface area (Å²) in [5.74, 6) is 0.00315. The van der Waals surface area contributed by atoms with Gasteiger partial charge in [0.05, 0.1) is 7.11 Å². The minimum atomic E-state index is -0.379. The van der Waals surface area contributed by atoms with Gasteiger partial charge in [-0.2, -0.15) is 0 Å². The monoisotopic (exact) mass is 253 g/mol.